The summed E-state index contributed by atoms with van der Waals surface area (Å²) in [6, 6.07) is 13.7. The van der Waals surface area contributed by atoms with Gasteiger partial charge in [0, 0.05) is 43.8 Å². The lowest BCUT2D eigenvalue weighted by atomic mass is 10.1. The van der Waals surface area contributed by atoms with E-state index in [4.69, 9.17) is 9.47 Å². The minimum Gasteiger partial charge on any atom is -0.497 e. The molecule has 3 heterocycles. The molecule has 0 spiro atoms. The lowest BCUT2D eigenvalue weighted by Crippen LogP contribution is -2.26. The largest absolute Gasteiger partial charge is 0.497 e. The fourth-order valence-electron chi connectivity index (χ4n) is 4.43. The zero-order valence-corrected chi connectivity index (χ0v) is 23.3. The highest BCUT2D eigenvalue weighted by Gasteiger charge is 2.31. The van der Waals surface area contributed by atoms with Crippen LogP contribution in [0.5, 0.6) is 5.75 Å². The maximum Gasteiger partial charge on any atom is 0.417 e. The van der Waals surface area contributed by atoms with E-state index in [0.717, 1.165) is 17.8 Å². The van der Waals surface area contributed by atoms with Gasteiger partial charge in [-0.05, 0) is 55.0 Å². The number of halogens is 3. The van der Waals surface area contributed by atoms with E-state index in [1.165, 1.54) is 29.6 Å². The number of nitrogens with one attached hydrogen (secondary N) is 1. The molecule has 0 aliphatic carbocycles. The first-order valence-electron chi connectivity index (χ1n) is 12.7. The highest BCUT2D eigenvalue weighted by Crippen LogP contribution is 2.35. The second-order valence-electron chi connectivity index (χ2n) is 9.69. The number of hydrogen-bond acceptors (Lipinski definition) is 7. The number of imidazole rings is 1. The van der Waals surface area contributed by atoms with Crippen molar-refractivity contribution in [2.24, 2.45) is 0 Å². The summed E-state index contributed by atoms with van der Waals surface area (Å²) in [5.41, 5.74) is 1.26. The molecule has 9 nitrogen and oxygen atoms in total. The summed E-state index contributed by atoms with van der Waals surface area (Å²) in [5, 5.41) is 3.02. The van der Waals surface area contributed by atoms with Crippen molar-refractivity contribution in [1.29, 1.82) is 0 Å². The first kappa shape index (κ1) is 28.6. The van der Waals surface area contributed by atoms with Gasteiger partial charge < -0.3 is 19.4 Å². The van der Waals surface area contributed by atoms with Crippen LogP contribution in [0.4, 0.5) is 24.7 Å². The highest BCUT2D eigenvalue weighted by molar-refractivity contribution is 7.89. The van der Waals surface area contributed by atoms with Gasteiger partial charge >= 0.3 is 6.18 Å². The van der Waals surface area contributed by atoms with Crippen LogP contribution in [0.2, 0.25) is 0 Å². The summed E-state index contributed by atoms with van der Waals surface area (Å²) in [5.74, 6) is 1.51. The van der Waals surface area contributed by atoms with Gasteiger partial charge in [-0.15, -0.1) is 0 Å². The maximum atomic E-state index is 13.6. The van der Waals surface area contributed by atoms with E-state index in [9.17, 15) is 21.6 Å². The molecular formula is C28H28F3N5O4S. The van der Waals surface area contributed by atoms with Crippen LogP contribution in [-0.4, -0.2) is 47.5 Å². The van der Waals surface area contributed by atoms with E-state index in [0.29, 0.717) is 41.7 Å². The molecule has 2 aromatic heterocycles. The van der Waals surface area contributed by atoms with Crippen LogP contribution in [0, 0.1) is 0 Å². The van der Waals surface area contributed by atoms with Gasteiger partial charge in [-0.2, -0.15) is 17.5 Å². The number of ether oxygens (including phenoxy) is 2. The quantitative estimate of drug-likeness (QED) is 0.293. The Morgan fingerprint density at radius 1 is 1.15 bits per heavy atom. The van der Waals surface area contributed by atoms with Crippen molar-refractivity contribution in [2.75, 3.05) is 19.5 Å². The molecule has 41 heavy (non-hydrogen) atoms. The highest BCUT2D eigenvalue weighted by atomic mass is 32.2. The number of anilines is 2. The van der Waals surface area contributed by atoms with Crippen molar-refractivity contribution in [3.8, 4) is 17.0 Å². The Morgan fingerprint density at radius 2 is 1.90 bits per heavy atom. The first-order chi connectivity index (χ1) is 19.4. The minimum absolute atomic E-state index is 0.0168. The third-order valence-electron chi connectivity index (χ3n) is 6.70. The molecule has 0 fully saturated rings. The Balaban J connectivity index is 1.50. The number of sulfonamides is 1. The average molecular weight is 588 g/mol. The van der Waals surface area contributed by atoms with Gasteiger partial charge in [0.25, 0.3) is 0 Å². The van der Waals surface area contributed by atoms with Crippen LogP contribution in [0.1, 0.15) is 23.9 Å². The predicted molar refractivity (Wildman–Crippen MR) is 146 cm³/mol. The molecule has 5 rings (SSSR count). The normalized spacial score (nSPS) is 15.5. The molecule has 1 N–H and O–H groups in total. The Kier molecular flexibility index (Phi) is 7.77. The molecule has 0 saturated heterocycles. The van der Waals surface area contributed by atoms with Gasteiger partial charge in [0.1, 0.15) is 24.0 Å². The third-order valence-corrected chi connectivity index (χ3v) is 8.50. The number of fused-ring (bicyclic) bond motifs is 1. The Labute approximate surface area is 235 Å². The maximum absolute atomic E-state index is 13.6. The monoisotopic (exact) mass is 587 g/mol. The topological polar surface area (TPSA) is 98.6 Å². The summed E-state index contributed by atoms with van der Waals surface area (Å²) >= 11 is 0. The molecule has 0 saturated carbocycles. The number of alkyl halides is 3. The summed E-state index contributed by atoms with van der Waals surface area (Å²) in [6.45, 7) is 2.95. The molecule has 1 aliphatic rings. The Hall–Kier alpha value is -3.94. The number of benzene rings is 2. The Bertz CT molecular complexity index is 1640. The minimum atomic E-state index is -4.51. The zero-order chi connectivity index (χ0) is 29.4. The van der Waals surface area contributed by atoms with Gasteiger partial charge in [0.2, 0.25) is 10.0 Å². The van der Waals surface area contributed by atoms with Gasteiger partial charge in [0.15, 0.2) is 0 Å². The van der Waals surface area contributed by atoms with Crippen LogP contribution >= 0.6 is 0 Å². The SMILES string of the molecule is COc1ccc(CN(C)S(=O)(=O)c2ccc(Nc3ccc(C(F)(F)F)cn3)c(-c3cn4c(n3)COC(C)C4)c2)cc1. The second kappa shape index (κ2) is 11.1. The number of rotatable bonds is 8. The first-order valence-corrected chi connectivity index (χ1v) is 14.1. The smallest absolute Gasteiger partial charge is 0.417 e. The molecule has 216 valence electrons. The lowest BCUT2D eigenvalue weighted by Gasteiger charge is -2.20. The van der Waals surface area contributed by atoms with Gasteiger partial charge in [-0.25, -0.2) is 18.4 Å². The fraction of sp³-hybridized carbons (Fsp3) is 0.286. The van der Waals surface area contributed by atoms with E-state index >= 15 is 0 Å². The molecule has 1 atom stereocenters. The van der Waals surface area contributed by atoms with Crippen molar-refractivity contribution >= 4 is 21.5 Å². The summed E-state index contributed by atoms with van der Waals surface area (Å²) in [4.78, 5) is 8.59. The van der Waals surface area contributed by atoms with Gasteiger partial charge in [-0.1, -0.05) is 12.1 Å². The third kappa shape index (κ3) is 6.21. The Morgan fingerprint density at radius 3 is 2.56 bits per heavy atom. The van der Waals surface area contributed by atoms with E-state index in [-0.39, 0.29) is 23.4 Å². The van der Waals surface area contributed by atoms with E-state index < -0.39 is 21.8 Å². The number of aromatic nitrogens is 3. The molecule has 1 unspecified atom stereocenters. The van der Waals surface area contributed by atoms with Crippen LogP contribution in [-0.2, 0) is 40.6 Å². The molecule has 2 aromatic carbocycles. The molecule has 0 bridgehead atoms. The summed E-state index contributed by atoms with van der Waals surface area (Å²) in [7, 11) is -0.885. The van der Waals surface area contributed by atoms with Crippen molar-refractivity contribution in [1.82, 2.24) is 18.8 Å². The van der Waals surface area contributed by atoms with Crippen molar-refractivity contribution in [3.63, 3.8) is 0 Å². The molecular weight excluding hydrogens is 559 g/mol. The van der Waals surface area contributed by atoms with Crippen molar-refractivity contribution in [2.45, 2.75) is 43.8 Å². The van der Waals surface area contributed by atoms with Crippen LogP contribution in [0.3, 0.4) is 0 Å². The van der Waals surface area contributed by atoms with E-state index in [1.54, 1.807) is 37.4 Å². The van der Waals surface area contributed by atoms with Crippen LogP contribution < -0.4 is 10.1 Å². The van der Waals surface area contributed by atoms with Crippen molar-refractivity contribution < 1.29 is 31.1 Å². The average Bonchev–Trinajstić information content (AvgIpc) is 3.36. The van der Waals surface area contributed by atoms with Gasteiger partial charge in [-0.3, -0.25) is 0 Å². The number of methoxy groups -OCH3 is 1. The molecule has 0 amide bonds. The summed E-state index contributed by atoms with van der Waals surface area (Å²) < 4.78 is 80.3. The number of nitrogens with zero attached hydrogens (tertiary/aromatic N) is 4. The zero-order valence-electron chi connectivity index (χ0n) is 22.5. The standard InChI is InChI=1S/C28H28F3N5O4S/c1-18-14-36-16-25(34-27(36)17-40-18)23-12-22(41(37,38)35(2)15-19-4-7-21(39-3)8-5-19)9-10-24(23)33-26-11-6-20(13-32-26)28(29,30)31/h4-13,16,18H,14-15,17H2,1-3H3,(H,32,33). The number of hydrogen-bond donors (Lipinski definition) is 1. The van der Waals surface area contributed by atoms with Crippen LogP contribution in [0.25, 0.3) is 11.3 Å². The number of pyridine rings is 1. The molecule has 4 aromatic rings. The van der Waals surface area contributed by atoms with Crippen LogP contribution in [0.15, 0.2) is 71.9 Å². The predicted octanol–water partition coefficient (Wildman–Crippen LogP) is 5.46. The summed E-state index contributed by atoms with van der Waals surface area (Å²) in [6.07, 6.45) is -1.98. The van der Waals surface area contributed by atoms with E-state index in [1.807, 2.05) is 17.7 Å². The molecule has 1 aliphatic heterocycles. The van der Waals surface area contributed by atoms with E-state index in [2.05, 4.69) is 15.3 Å². The van der Waals surface area contributed by atoms with Gasteiger partial charge in [0.05, 0.1) is 29.4 Å². The lowest BCUT2D eigenvalue weighted by molar-refractivity contribution is -0.137. The molecule has 13 heteroatoms. The van der Waals surface area contributed by atoms with Crippen molar-refractivity contribution in [3.05, 3.63) is 83.9 Å². The molecule has 0 radical (unpaired) electrons. The second-order valence-corrected chi connectivity index (χ2v) is 11.7. The fourth-order valence-corrected chi connectivity index (χ4v) is 5.62.